The Hall–Kier alpha value is -2.25. The molecular formula is C20H26O7. The fourth-order valence-corrected chi connectivity index (χ4v) is 3.21. The molecule has 1 saturated heterocycles. The average molecular weight is 378 g/mol. The van der Waals surface area contributed by atoms with Crippen LogP contribution in [0, 0.1) is 5.92 Å². The van der Waals surface area contributed by atoms with Gasteiger partial charge >= 0.3 is 11.9 Å². The van der Waals surface area contributed by atoms with E-state index in [1.165, 1.54) is 13.0 Å². The van der Waals surface area contributed by atoms with E-state index in [9.17, 15) is 24.6 Å². The molecule has 2 rings (SSSR count). The maximum atomic E-state index is 12.3. The van der Waals surface area contributed by atoms with E-state index in [0.29, 0.717) is 11.1 Å². The molecule has 2 N–H and O–H groups in total. The van der Waals surface area contributed by atoms with Crippen molar-refractivity contribution in [2.75, 3.05) is 0 Å². The molecule has 1 heterocycles. The average Bonchev–Trinajstić information content (AvgIpc) is 2.86. The molecule has 0 amide bonds. The first kappa shape index (κ1) is 21.1. The first-order valence-electron chi connectivity index (χ1n) is 8.83. The van der Waals surface area contributed by atoms with Crippen LogP contribution in [0.3, 0.4) is 0 Å². The van der Waals surface area contributed by atoms with Crippen LogP contribution < -0.4 is 0 Å². The van der Waals surface area contributed by atoms with E-state index >= 15 is 0 Å². The summed E-state index contributed by atoms with van der Waals surface area (Å²) in [6.07, 6.45) is -0.591. The van der Waals surface area contributed by atoms with E-state index < -0.39 is 41.8 Å². The second-order valence-corrected chi connectivity index (χ2v) is 7.39. The number of allylic oxidation sites excluding steroid dienone is 2. The number of Topliss-reactive ketones (excluding diaryl/α,β-unsaturated/α-hetero) is 1. The van der Waals surface area contributed by atoms with Crippen LogP contribution in [-0.2, 0) is 23.9 Å². The van der Waals surface area contributed by atoms with Crippen molar-refractivity contribution in [2.24, 2.45) is 5.92 Å². The van der Waals surface area contributed by atoms with Gasteiger partial charge < -0.3 is 19.7 Å². The van der Waals surface area contributed by atoms with Crippen LogP contribution >= 0.6 is 0 Å². The van der Waals surface area contributed by atoms with Crippen LogP contribution in [0.5, 0.6) is 0 Å². The monoisotopic (exact) mass is 378 g/mol. The van der Waals surface area contributed by atoms with Crippen LogP contribution in [0.2, 0.25) is 0 Å². The predicted octanol–water partition coefficient (Wildman–Crippen LogP) is 1.38. The van der Waals surface area contributed by atoms with Crippen molar-refractivity contribution in [3.05, 3.63) is 35.5 Å². The summed E-state index contributed by atoms with van der Waals surface area (Å²) >= 11 is 0. The Kier molecular flexibility index (Phi) is 6.07. The van der Waals surface area contributed by atoms with Gasteiger partial charge in [0.05, 0.1) is 17.6 Å². The highest BCUT2D eigenvalue weighted by Gasteiger charge is 2.48. The number of aliphatic hydroxyl groups is 2. The maximum absolute atomic E-state index is 12.3. The smallest absolute Gasteiger partial charge is 0.334 e. The van der Waals surface area contributed by atoms with Gasteiger partial charge in [-0.05, 0) is 39.3 Å². The Morgan fingerprint density at radius 3 is 2.67 bits per heavy atom. The van der Waals surface area contributed by atoms with Gasteiger partial charge in [0.2, 0.25) is 0 Å². The SMILES string of the molecule is C=C1C(=O)OC2C=C(C)C(=O)CC(O)C(C)(O)CC(OC(=O)C(C)=CC)C12. The number of rotatable bonds is 2. The van der Waals surface area contributed by atoms with Gasteiger partial charge in [0.1, 0.15) is 12.2 Å². The van der Waals surface area contributed by atoms with Crippen LogP contribution in [-0.4, -0.2) is 51.8 Å². The Bertz CT molecular complexity index is 729. The molecule has 148 valence electrons. The van der Waals surface area contributed by atoms with Crippen molar-refractivity contribution in [1.29, 1.82) is 0 Å². The molecule has 0 radical (unpaired) electrons. The van der Waals surface area contributed by atoms with E-state index in [-0.39, 0.29) is 24.2 Å². The predicted molar refractivity (Wildman–Crippen MR) is 96.4 cm³/mol. The molecule has 0 aromatic heterocycles. The minimum absolute atomic E-state index is 0.0956. The number of hydrogen-bond acceptors (Lipinski definition) is 7. The first-order chi connectivity index (χ1) is 12.5. The van der Waals surface area contributed by atoms with Crippen molar-refractivity contribution < 1.29 is 34.1 Å². The molecule has 7 heteroatoms. The molecule has 5 unspecified atom stereocenters. The van der Waals surface area contributed by atoms with Crippen LogP contribution in [0.1, 0.15) is 40.5 Å². The van der Waals surface area contributed by atoms with Gasteiger partial charge in [-0.25, -0.2) is 9.59 Å². The summed E-state index contributed by atoms with van der Waals surface area (Å²) in [5.41, 5.74) is -0.975. The largest absolute Gasteiger partial charge is 0.458 e. The van der Waals surface area contributed by atoms with Gasteiger partial charge in [0.15, 0.2) is 5.78 Å². The molecule has 0 bridgehead atoms. The van der Waals surface area contributed by atoms with Gasteiger partial charge in [0.25, 0.3) is 0 Å². The Labute approximate surface area is 158 Å². The number of ether oxygens (including phenoxy) is 2. The molecular weight excluding hydrogens is 352 g/mol. The van der Waals surface area contributed by atoms with Gasteiger partial charge in [-0.15, -0.1) is 0 Å². The highest BCUT2D eigenvalue weighted by Crippen LogP contribution is 2.38. The summed E-state index contributed by atoms with van der Waals surface area (Å²) in [4.78, 5) is 36.7. The lowest BCUT2D eigenvalue weighted by Gasteiger charge is -2.36. The third kappa shape index (κ3) is 4.36. The Balaban J connectivity index is 2.52. The third-order valence-corrected chi connectivity index (χ3v) is 5.24. The molecule has 7 nitrogen and oxygen atoms in total. The molecule has 0 aromatic rings. The molecule has 0 saturated carbocycles. The number of aliphatic hydroxyl groups excluding tert-OH is 1. The number of hydrogen-bond donors (Lipinski definition) is 2. The first-order valence-corrected chi connectivity index (χ1v) is 8.83. The zero-order valence-electron chi connectivity index (χ0n) is 16.0. The number of carbonyl (C=O) groups excluding carboxylic acids is 3. The quantitative estimate of drug-likeness (QED) is 0.552. The molecule has 0 spiro atoms. The second kappa shape index (κ2) is 7.78. The third-order valence-electron chi connectivity index (χ3n) is 5.24. The summed E-state index contributed by atoms with van der Waals surface area (Å²) in [5.74, 6) is -2.39. The van der Waals surface area contributed by atoms with E-state index in [1.807, 2.05) is 0 Å². The van der Waals surface area contributed by atoms with Crippen LogP contribution in [0.4, 0.5) is 0 Å². The highest BCUT2D eigenvalue weighted by molar-refractivity contribution is 5.96. The summed E-state index contributed by atoms with van der Waals surface area (Å²) < 4.78 is 10.9. The molecule has 2 aliphatic rings. The molecule has 27 heavy (non-hydrogen) atoms. The number of ketones is 1. The summed E-state index contributed by atoms with van der Waals surface area (Å²) in [6.45, 7) is 9.92. The second-order valence-electron chi connectivity index (χ2n) is 7.39. The number of esters is 2. The van der Waals surface area contributed by atoms with Gasteiger partial charge in [-0.1, -0.05) is 12.7 Å². The van der Waals surface area contributed by atoms with Gasteiger partial charge in [-0.2, -0.15) is 0 Å². The van der Waals surface area contributed by atoms with Crippen molar-refractivity contribution in [3.8, 4) is 0 Å². The molecule has 5 atom stereocenters. The fourth-order valence-electron chi connectivity index (χ4n) is 3.21. The van der Waals surface area contributed by atoms with Gasteiger partial charge in [0, 0.05) is 24.0 Å². The number of fused-ring (bicyclic) bond motifs is 1. The van der Waals surface area contributed by atoms with Crippen molar-refractivity contribution in [2.45, 2.75) is 64.4 Å². The lowest BCUT2D eigenvalue weighted by Crippen LogP contribution is -2.47. The number of carbonyl (C=O) groups is 3. The lowest BCUT2D eigenvalue weighted by atomic mass is 9.79. The Morgan fingerprint density at radius 1 is 1.44 bits per heavy atom. The van der Waals surface area contributed by atoms with Crippen molar-refractivity contribution in [3.63, 3.8) is 0 Å². The van der Waals surface area contributed by atoms with E-state index in [4.69, 9.17) is 9.47 Å². The normalized spacial score (nSPS) is 35.3. The standard InChI is InChI=1S/C20H26O7/c1-6-10(2)18(23)27-15-9-20(5,25)16(22)8-13(21)11(3)7-14-17(15)12(4)19(24)26-14/h6-7,14-17,22,25H,4,8-9H2,1-3,5H3. The highest BCUT2D eigenvalue weighted by atomic mass is 16.6. The topological polar surface area (TPSA) is 110 Å². The summed E-state index contributed by atoms with van der Waals surface area (Å²) in [5, 5.41) is 21.1. The van der Waals surface area contributed by atoms with E-state index in [2.05, 4.69) is 6.58 Å². The van der Waals surface area contributed by atoms with E-state index in [0.717, 1.165) is 0 Å². The zero-order valence-corrected chi connectivity index (χ0v) is 16.0. The van der Waals surface area contributed by atoms with Crippen LogP contribution in [0.25, 0.3) is 0 Å². The lowest BCUT2D eigenvalue weighted by molar-refractivity contribution is -0.156. The minimum atomic E-state index is -1.72. The zero-order chi connectivity index (χ0) is 20.5. The molecule has 0 aromatic carbocycles. The fraction of sp³-hybridized carbons (Fsp3) is 0.550. The van der Waals surface area contributed by atoms with Gasteiger partial charge in [-0.3, -0.25) is 4.79 Å². The van der Waals surface area contributed by atoms with E-state index in [1.54, 1.807) is 26.8 Å². The van der Waals surface area contributed by atoms with Crippen LogP contribution in [0.15, 0.2) is 35.5 Å². The van der Waals surface area contributed by atoms with Crippen molar-refractivity contribution in [1.82, 2.24) is 0 Å². The molecule has 1 fully saturated rings. The molecule has 1 aliphatic carbocycles. The summed E-state index contributed by atoms with van der Waals surface area (Å²) in [7, 11) is 0. The van der Waals surface area contributed by atoms with Crippen molar-refractivity contribution >= 4 is 17.7 Å². The summed E-state index contributed by atoms with van der Waals surface area (Å²) in [6, 6.07) is 0. The molecule has 1 aliphatic heterocycles. The minimum Gasteiger partial charge on any atom is -0.458 e. The maximum Gasteiger partial charge on any atom is 0.334 e. The Morgan fingerprint density at radius 2 is 2.07 bits per heavy atom.